The number of aliphatic hydroxyl groups is 1. The number of thioether (sulfide) groups is 1. The van der Waals surface area contributed by atoms with Gasteiger partial charge in [-0.15, -0.1) is 11.8 Å². The third-order valence-corrected chi connectivity index (χ3v) is 8.50. The molecule has 9 heteroatoms. The Morgan fingerprint density at radius 2 is 1.97 bits per heavy atom. The molecule has 3 atom stereocenters. The Hall–Kier alpha value is -2.75. The molecule has 1 aliphatic rings. The first-order valence-electron chi connectivity index (χ1n) is 13.0. The van der Waals surface area contributed by atoms with Crippen LogP contribution in [0.15, 0.2) is 53.6 Å². The van der Waals surface area contributed by atoms with Gasteiger partial charge in [-0.05, 0) is 86.0 Å². The molecule has 2 aromatic carbocycles. The largest absolute Gasteiger partial charge is 0.497 e. The van der Waals surface area contributed by atoms with Crippen molar-refractivity contribution in [2.75, 3.05) is 32.5 Å². The van der Waals surface area contributed by atoms with Gasteiger partial charge in [0.25, 0.3) is 0 Å². The van der Waals surface area contributed by atoms with Gasteiger partial charge in [-0.3, -0.25) is 9.78 Å². The van der Waals surface area contributed by atoms with Crippen LogP contribution in [0, 0.1) is 23.5 Å². The topological polar surface area (TPSA) is 82.9 Å². The van der Waals surface area contributed by atoms with Crippen molar-refractivity contribution in [2.45, 2.75) is 43.1 Å². The normalized spacial score (nSPS) is 18.9. The standard InChI is InChI=1S/C29H34F2N2O4S/c1-37-21-7-8-26-23(17-21)22(11-13-32-26)27(34)9-5-19-12-14-33(18-20(19)6-10-28(35)36)15-16-38-29-24(30)3-2-4-25(29)31/h2-4,7-8,11,13,17,19-20,27,34H,5-6,9-10,12,14-16,18H2,1H3,(H,35,36)/t19-,20+,27?/m1/s1. The van der Waals surface area contributed by atoms with Crippen molar-refractivity contribution in [2.24, 2.45) is 11.8 Å². The molecule has 0 saturated carbocycles. The number of rotatable bonds is 12. The summed E-state index contributed by atoms with van der Waals surface area (Å²) in [6, 6.07) is 11.3. The molecule has 1 saturated heterocycles. The summed E-state index contributed by atoms with van der Waals surface area (Å²) in [6.45, 7) is 2.24. The number of carboxylic acid groups (broad SMARTS) is 1. The number of hydrogen-bond donors (Lipinski definition) is 2. The number of aliphatic hydroxyl groups excluding tert-OH is 1. The lowest BCUT2D eigenvalue weighted by molar-refractivity contribution is -0.137. The van der Waals surface area contributed by atoms with Crippen LogP contribution in [0.25, 0.3) is 10.9 Å². The maximum absolute atomic E-state index is 13.9. The molecule has 204 valence electrons. The van der Waals surface area contributed by atoms with Gasteiger partial charge >= 0.3 is 5.97 Å². The third kappa shape index (κ3) is 7.21. The van der Waals surface area contributed by atoms with E-state index in [4.69, 9.17) is 4.74 Å². The van der Waals surface area contributed by atoms with E-state index in [0.29, 0.717) is 36.8 Å². The van der Waals surface area contributed by atoms with E-state index in [1.807, 2.05) is 24.3 Å². The van der Waals surface area contributed by atoms with E-state index < -0.39 is 23.7 Å². The molecule has 4 rings (SSSR count). The highest BCUT2D eigenvalue weighted by atomic mass is 32.2. The number of benzene rings is 2. The maximum Gasteiger partial charge on any atom is 0.303 e. The van der Waals surface area contributed by atoms with Gasteiger partial charge in [-0.1, -0.05) is 6.07 Å². The van der Waals surface area contributed by atoms with Crippen LogP contribution < -0.4 is 4.74 Å². The summed E-state index contributed by atoms with van der Waals surface area (Å²) in [5.74, 6) is -0.194. The van der Waals surface area contributed by atoms with E-state index in [-0.39, 0.29) is 17.2 Å². The predicted molar refractivity (Wildman–Crippen MR) is 144 cm³/mol. The Bertz CT molecular complexity index is 1220. The number of pyridine rings is 1. The highest BCUT2D eigenvalue weighted by Gasteiger charge is 2.30. The molecular weight excluding hydrogens is 510 g/mol. The monoisotopic (exact) mass is 544 g/mol. The minimum Gasteiger partial charge on any atom is -0.497 e. The van der Waals surface area contributed by atoms with E-state index in [0.717, 1.165) is 42.4 Å². The summed E-state index contributed by atoms with van der Waals surface area (Å²) >= 11 is 1.17. The van der Waals surface area contributed by atoms with Crippen LogP contribution in [-0.4, -0.2) is 58.6 Å². The second-order valence-corrected chi connectivity index (χ2v) is 10.9. The molecule has 0 spiro atoms. The summed E-state index contributed by atoms with van der Waals surface area (Å²) in [6.07, 6.45) is 3.93. The Balaban J connectivity index is 1.36. The van der Waals surface area contributed by atoms with E-state index in [1.165, 1.54) is 30.0 Å². The highest BCUT2D eigenvalue weighted by molar-refractivity contribution is 7.99. The average molecular weight is 545 g/mol. The number of aromatic nitrogens is 1. The van der Waals surface area contributed by atoms with Crippen molar-refractivity contribution in [1.82, 2.24) is 9.88 Å². The smallest absolute Gasteiger partial charge is 0.303 e. The molecule has 2 N–H and O–H groups in total. The molecule has 38 heavy (non-hydrogen) atoms. The fourth-order valence-electron chi connectivity index (χ4n) is 5.36. The van der Waals surface area contributed by atoms with E-state index >= 15 is 0 Å². The van der Waals surface area contributed by atoms with Crippen LogP contribution in [0.1, 0.15) is 43.8 Å². The fourth-order valence-corrected chi connectivity index (χ4v) is 6.33. The number of fused-ring (bicyclic) bond motifs is 1. The van der Waals surface area contributed by atoms with E-state index in [9.17, 15) is 23.8 Å². The van der Waals surface area contributed by atoms with Crippen molar-refractivity contribution in [3.8, 4) is 5.75 Å². The average Bonchev–Trinajstić information content (AvgIpc) is 2.92. The van der Waals surface area contributed by atoms with Crippen molar-refractivity contribution in [3.63, 3.8) is 0 Å². The van der Waals surface area contributed by atoms with Gasteiger partial charge in [0.2, 0.25) is 0 Å². The molecule has 0 radical (unpaired) electrons. The zero-order valence-corrected chi connectivity index (χ0v) is 22.3. The lowest BCUT2D eigenvalue weighted by Crippen LogP contribution is -2.41. The molecule has 2 heterocycles. The summed E-state index contributed by atoms with van der Waals surface area (Å²) in [4.78, 5) is 18.0. The first-order valence-corrected chi connectivity index (χ1v) is 14.0. The molecule has 0 aliphatic carbocycles. The summed E-state index contributed by atoms with van der Waals surface area (Å²) in [5, 5.41) is 21.2. The number of aliphatic carboxylic acids is 1. The van der Waals surface area contributed by atoms with Crippen LogP contribution in [0.4, 0.5) is 8.78 Å². The number of carbonyl (C=O) groups is 1. The molecular formula is C29H34F2N2O4S. The lowest BCUT2D eigenvalue weighted by Gasteiger charge is -2.39. The summed E-state index contributed by atoms with van der Waals surface area (Å²) in [5.41, 5.74) is 1.61. The van der Waals surface area contributed by atoms with Gasteiger partial charge in [0.05, 0.1) is 23.6 Å². The van der Waals surface area contributed by atoms with Crippen LogP contribution in [0.3, 0.4) is 0 Å². The quantitative estimate of drug-likeness (QED) is 0.274. The molecule has 3 aromatic rings. The molecule has 1 fully saturated rings. The summed E-state index contributed by atoms with van der Waals surface area (Å²) < 4.78 is 33.2. The fraction of sp³-hybridized carbons (Fsp3) is 0.448. The van der Waals surface area contributed by atoms with Gasteiger partial charge < -0.3 is 19.8 Å². The summed E-state index contributed by atoms with van der Waals surface area (Å²) in [7, 11) is 1.61. The Labute approximate surface area is 226 Å². The number of nitrogens with zero attached hydrogens (tertiary/aromatic N) is 2. The van der Waals surface area contributed by atoms with Crippen molar-refractivity contribution < 1.29 is 28.5 Å². The van der Waals surface area contributed by atoms with Crippen LogP contribution in [0.2, 0.25) is 0 Å². The van der Waals surface area contributed by atoms with Crippen molar-refractivity contribution >= 4 is 28.6 Å². The Morgan fingerprint density at radius 3 is 2.71 bits per heavy atom. The molecule has 0 bridgehead atoms. The number of hydrogen-bond acceptors (Lipinski definition) is 6. The van der Waals surface area contributed by atoms with Gasteiger partial charge in [0.1, 0.15) is 17.4 Å². The van der Waals surface area contributed by atoms with Crippen LogP contribution in [-0.2, 0) is 4.79 Å². The minimum atomic E-state index is -0.816. The molecule has 1 aliphatic heterocycles. The van der Waals surface area contributed by atoms with Gasteiger partial charge in [0.15, 0.2) is 0 Å². The minimum absolute atomic E-state index is 0.0417. The number of ether oxygens (including phenoxy) is 1. The molecule has 1 unspecified atom stereocenters. The number of methoxy groups -OCH3 is 1. The number of likely N-dealkylation sites (tertiary alicyclic amines) is 1. The molecule has 6 nitrogen and oxygen atoms in total. The maximum atomic E-state index is 13.9. The predicted octanol–water partition coefficient (Wildman–Crippen LogP) is 5.93. The Kier molecular flexibility index (Phi) is 9.93. The van der Waals surface area contributed by atoms with Gasteiger partial charge in [-0.25, -0.2) is 8.78 Å². The third-order valence-electron chi connectivity index (χ3n) is 7.43. The number of piperidine rings is 1. The van der Waals surface area contributed by atoms with Gasteiger partial charge in [0, 0.05) is 36.8 Å². The second-order valence-electron chi connectivity index (χ2n) is 9.82. The van der Waals surface area contributed by atoms with E-state index in [1.54, 1.807) is 13.3 Å². The lowest BCUT2D eigenvalue weighted by atomic mass is 9.79. The molecule has 0 amide bonds. The first-order chi connectivity index (χ1) is 18.4. The number of halogens is 2. The zero-order chi connectivity index (χ0) is 27.1. The van der Waals surface area contributed by atoms with E-state index in [2.05, 4.69) is 9.88 Å². The van der Waals surface area contributed by atoms with Crippen molar-refractivity contribution in [1.29, 1.82) is 0 Å². The van der Waals surface area contributed by atoms with Crippen LogP contribution in [0.5, 0.6) is 5.75 Å². The van der Waals surface area contributed by atoms with Crippen LogP contribution >= 0.6 is 11.8 Å². The zero-order valence-electron chi connectivity index (χ0n) is 21.5. The van der Waals surface area contributed by atoms with Gasteiger partial charge in [-0.2, -0.15) is 0 Å². The first kappa shape index (κ1) is 28.3. The Morgan fingerprint density at radius 1 is 1.18 bits per heavy atom. The SMILES string of the molecule is COc1ccc2nccc(C(O)CC[C@@H]3CCN(CCSc4c(F)cccc4F)C[C@@H]3CCC(=O)O)c2c1. The number of carboxylic acids is 1. The highest BCUT2D eigenvalue weighted by Crippen LogP contribution is 2.35. The molecule has 1 aromatic heterocycles. The van der Waals surface area contributed by atoms with Crippen molar-refractivity contribution in [3.05, 3.63) is 65.9 Å². The second kappa shape index (κ2) is 13.4.